The van der Waals surface area contributed by atoms with Crippen LogP contribution in [0.3, 0.4) is 0 Å². The van der Waals surface area contributed by atoms with Crippen LogP contribution in [0.2, 0.25) is 0 Å². The molecule has 0 saturated heterocycles. The van der Waals surface area contributed by atoms with Crippen molar-refractivity contribution in [2.45, 2.75) is 4.90 Å². The molecule has 7 nitrogen and oxygen atoms in total. The molecule has 0 aliphatic heterocycles. The minimum absolute atomic E-state index is 0.217. The highest BCUT2D eigenvalue weighted by Crippen LogP contribution is 2.35. The zero-order valence-corrected chi connectivity index (χ0v) is 16.9. The largest absolute Gasteiger partial charge is 0.274 e. The summed E-state index contributed by atoms with van der Waals surface area (Å²) in [7, 11) is -1.90. The number of thiazole rings is 1. The highest BCUT2D eigenvalue weighted by Gasteiger charge is 2.22. The Labute approximate surface area is 171 Å². The first kappa shape index (κ1) is 17.8. The average molecular weight is 422 g/mol. The summed E-state index contributed by atoms with van der Waals surface area (Å²) in [6.45, 7) is 0. The fourth-order valence-corrected chi connectivity index (χ4v) is 5.21. The van der Waals surface area contributed by atoms with Gasteiger partial charge in [0.2, 0.25) is 0 Å². The molecule has 0 saturated carbocycles. The summed E-state index contributed by atoms with van der Waals surface area (Å²) in [6, 6.07) is 12.0. The molecule has 0 atom stereocenters. The van der Waals surface area contributed by atoms with E-state index in [1.54, 1.807) is 59.0 Å². The third-order valence-corrected chi connectivity index (χ3v) is 6.92. The summed E-state index contributed by atoms with van der Waals surface area (Å²) >= 11 is 1.50. The number of pyridine rings is 1. The Morgan fingerprint density at radius 3 is 2.59 bits per heavy atom. The molecule has 0 unspecified atom stereocenters. The Morgan fingerprint density at radius 1 is 1.00 bits per heavy atom. The second kappa shape index (κ2) is 6.64. The third kappa shape index (κ3) is 2.86. The molecule has 144 valence electrons. The summed E-state index contributed by atoms with van der Waals surface area (Å²) in [5.74, 6) is 0. The van der Waals surface area contributed by atoms with Crippen LogP contribution in [0.15, 0.2) is 76.8 Å². The van der Waals surface area contributed by atoms with E-state index in [1.807, 2.05) is 24.7 Å². The summed E-state index contributed by atoms with van der Waals surface area (Å²) < 4.78 is 29.2. The van der Waals surface area contributed by atoms with Crippen molar-refractivity contribution < 1.29 is 8.42 Å². The lowest BCUT2D eigenvalue weighted by Gasteiger charge is -2.08. The third-order valence-electron chi connectivity index (χ3n) is 4.65. The maximum atomic E-state index is 13.1. The zero-order valence-electron chi connectivity index (χ0n) is 15.3. The molecule has 0 aliphatic carbocycles. The predicted molar refractivity (Wildman–Crippen MR) is 112 cm³/mol. The molecular weight excluding hydrogens is 406 g/mol. The van der Waals surface area contributed by atoms with Gasteiger partial charge in [-0.3, -0.25) is 4.68 Å². The van der Waals surface area contributed by atoms with Crippen LogP contribution in [0.1, 0.15) is 0 Å². The van der Waals surface area contributed by atoms with Crippen LogP contribution in [-0.4, -0.2) is 32.1 Å². The van der Waals surface area contributed by atoms with Gasteiger partial charge in [0, 0.05) is 42.0 Å². The van der Waals surface area contributed by atoms with E-state index in [4.69, 9.17) is 0 Å². The average Bonchev–Trinajstić information content (AvgIpc) is 3.47. The number of hydrogen-bond acceptors (Lipinski definition) is 6. The zero-order chi connectivity index (χ0) is 20.0. The predicted octanol–water partition coefficient (Wildman–Crippen LogP) is 3.80. The molecule has 0 bridgehead atoms. The fraction of sp³-hybridized carbons (Fsp3) is 0.0500. The molecule has 0 fully saturated rings. The van der Waals surface area contributed by atoms with Gasteiger partial charge in [0.05, 0.1) is 10.4 Å². The van der Waals surface area contributed by atoms with Gasteiger partial charge in [0.1, 0.15) is 11.4 Å². The van der Waals surface area contributed by atoms with Crippen LogP contribution < -0.4 is 0 Å². The number of nitrogens with zero attached hydrogens (tertiary/aromatic N) is 5. The van der Waals surface area contributed by atoms with Gasteiger partial charge in [-0.25, -0.2) is 22.4 Å². The van der Waals surface area contributed by atoms with Crippen molar-refractivity contribution in [1.29, 1.82) is 0 Å². The molecular formula is C20H15N5O2S2. The van der Waals surface area contributed by atoms with E-state index >= 15 is 0 Å². The maximum absolute atomic E-state index is 13.1. The minimum atomic E-state index is -3.75. The first-order chi connectivity index (χ1) is 14.1. The van der Waals surface area contributed by atoms with Crippen molar-refractivity contribution in [2.75, 3.05) is 0 Å². The number of hydrogen-bond donors (Lipinski definition) is 0. The topological polar surface area (TPSA) is 82.7 Å². The van der Waals surface area contributed by atoms with Gasteiger partial charge >= 0.3 is 0 Å². The standard InChI is InChI=1S/C20H15N5O2S2/c1-24-11-17(19(23-24)18-12-28-13-22-18)15-7-9-21-20-16(15)8-10-25(20)29(26,27)14-5-3-2-4-6-14/h2-13H,1H3. The lowest BCUT2D eigenvalue weighted by molar-refractivity contribution is 0.589. The van der Waals surface area contributed by atoms with Crippen molar-refractivity contribution in [3.63, 3.8) is 0 Å². The Hall–Kier alpha value is -3.30. The fourth-order valence-electron chi connectivity index (χ4n) is 3.35. The van der Waals surface area contributed by atoms with Crippen LogP contribution >= 0.6 is 11.3 Å². The van der Waals surface area contributed by atoms with Crippen LogP contribution in [-0.2, 0) is 17.1 Å². The van der Waals surface area contributed by atoms with E-state index in [-0.39, 0.29) is 4.90 Å². The van der Waals surface area contributed by atoms with Crippen LogP contribution in [0.5, 0.6) is 0 Å². The summed E-state index contributed by atoms with van der Waals surface area (Å²) in [6.07, 6.45) is 5.07. The van der Waals surface area contributed by atoms with Crippen LogP contribution in [0.25, 0.3) is 33.5 Å². The van der Waals surface area contributed by atoms with Crippen molar-refractivity contribution in [1.82, 2.24) is 23.7 Å². The van der Waals surface area contributed by atoms with Gasteiger partial charge in [-0.2, -0.15) is 5.10 Å². The van der Waals surface area contributed by atoms with Crippen molar-refractivity contribution in [3.8, 4) is 22.5 Å². The van der Waals surface area contributed by atoms with E-state index in [0.29, 0.717) is 5.65 Å². The summed E-state index contributed by atoms with van der Waals surface area (Å²) in [4.78, 5) is 8.95. The second-order valence-electron chi connectivity index (χ2n) is 6.46. The number of fused-ring (bicyclic) bond motifs is 1. The number of aryl methyl sites for hydroxylation is 1. The number of rotatable bonds is 4. The SMILES string of the molecule is Cn1cc(-c2ccnc3c2ccn3S(=O)(=O)c2ccccc2)c(-c2cscn2)n1. The van der Waals surface area contributed by atoms with Gasteiger partial charge in [-0.05, 0) is 29.8 Å². The molecule has 5 rings (SSSR count). The molecule has 1 aromatic carbocycles. The normalized spacial score (nSPS) is 11.9. The highest BCUT2D eigenvalue weighted by molar-refractivity contribution is 7.90. The van der Waals surface area contributed by atoms with E-state index < -0.39 is 10.0 Å². The molecule has 0 aliphatic rings. The van der Waals surface area contributed by atoms with Gasteiger partial charge in [-0.15, -0.1) is 11.3 Å². The molecule has 5 aromatic rings. The molecule has 29 heavy (non-hydrogen) atoms. The van der Waals surface area contributed by atoms with Crippen LogP contribution in [0.4, 0.5) is 0 Å². The van der Waals surface area contributed by atoms with Crippen molar-refractivity contribution in [3.05, 3.63) is 71.9 Å². The van der Waals surface area contributed by atoms with Crippen molar-refractivity contribution in [2.24, 2.45) is 7.05 Å². The summed E-state index contributed by atoms with van der Waals surface area (Å²) in [5.41, 5.74) is 5.40. The van der Waals surface area contributed by atoms with Gasteiger partial charge in [0.15, 0.2) is 5.65 Å². The lowest BCUT2D eigenvalue weighted by Crippen LogP contribution is -2.12. The first-order valence-corrected chi connectivity index (χ1v) is 11.1. The quantitative estimate of drug-likeness (QED) is 0.441. The van der Waals surface area contributed by atoms with Crippen molar-refractivity contribution >= 4 is 32.4 Å². The van der Waals surface area contributed by atoms with Gasteiger partial charge in [-0.1, -0.05) is 18.2 Å². The number of aromatic nitrogens is 5. The van der Waals surface area contributed by atoms with E-state index in [1.165, 1.54) is 15.3 Å². The second-order valence-corrected chi connectivity index (χ2v) is 9.00. The Kier molecular flexibility index (Phi) is 4.07. The molecule has 0 N–H and O–H groups in total. The minimum Gasteiger partial charge on any atom is -0.274 e. The Balaban J connectivity index is 1.72. The summed E-state index contributed by atoms with van der Waals surface area (Å²) in [5, 5.41) is 7.23. The van der Waals surface area contributed by atoms with E-state index in [0.717, 1.165) is 27.9 Å². The first-order valence-electron chi connectivity index (χ1n) is 8.75. The monoisotopic (exact) mass is 421 g/mol. The number of benzene rings is 1. The van der Waals surface area contributed by atoms with E-state index in [2.05, 4.69) is 15.1 Å². The molecule has 0 spiro atoms. The van der Waals surface area contributed by atoms with Crippen LogP contribution in [0, 0.1) is 0 Å². The molecule has 0 radical (unpaired) electrons. The van der Waals surface area contributed by atoms with E-state index in [9.17, 15) is 8.42 Å². The molecule has 9 heteroatoms. The Bertz CT molecular complexity index is 1420. The highest BCUT2D eigenvalue weighted by atomic mass is 32.2. The molecule has 4 aromatic heterocycles. The lowest BCUT2D eigenvalue weighted by atomic mass is 10.0. The molecule has 0 amide bonds. The van der Waals surface area contributed by atoms with Gasteiger partial charge < -0.3 is 0 Å². The smallest absolute Gasteiger partial charge is 0.269 e. The molecule has 4 heterocycles. The maximum Gasteiger partial charge on any atom is 0.269 e. The Morgan fingerprint density at radius 2 is 1.83 bits per heavy atom. The van der Waals surface area contributed by atoms with Gasteiger partial charge in [0.25, 0.3) is 10.0 Å².